The number of ether oxygens (including phenoxy) is 1. The Morgan fingerprint density at radius 2 is 2.24 bits per heavy atom. The summed E-state index contributed by atoms with van der Waals surface area (Å²) in [5.74, 6) is 0.806. The predicted molar refractivity (Wildman–Crippen MR) is 82.2 cm³/mol. The third kappa shape index (κ3) is 5.21. The average Bonchev–Trinajstić information content (AvgIpc) is 2.91. The van der Waals surface area contributed by atoms with E-state index in [9.17, 15) is 5.11 Å². The molecule has 2 N–H and O–H groups in total. The second-order valence-electron chi connectivity index (χ2n) is 5.12. The number of nitrogens with zero attached hydrogens (tertiary/aromatic N) is 2. The van der Waals surface area contributed by atoms with Crippen LogP contribution in [0.2, 0.25) is 0 Å². The van der Waals surface area contributed by atoms with Crippen LogP contribution in [0.3, 0.4) is 0 Å². The van der Waals surface area contributed by atoms with Crippen LogP contribution in [0.25, 0.3) is 0 Å². The van der Waals surface area contributed by atoms with Gasteiger partial charge in [-0.1, -0.05) is 19.1 Å². The summed E-state index contributed by atoms with van der Waals surface area (Å²) in [5.41, 5.74) is 2.33. The highest BCUT2D eigenvalue weighted by atomic mass is 16.5. The molecule has 0 spiro atoms. The third-order valence-electron chi connectivity index (χ3n) is 3.22. The molecule has 114 valence electrons. The fourth-order valence-corrected chi connectivity index (χ4v) is 2.05. The molecule has 0 fully saturated rings. The van der Waals surface area contributed by atoms with Gasteiger partial charge in [-0.25, -0.2) is 0 Å². The quantitative estimate of drug-likeness (QED) is 0.773. The van der Waals surface area contributed by atoms with Gasteiger partial charge in [-0.05, 0) is 24.1 Å². The van der Waals surface area contributed by atoms with Crippen molar-refractivity contribution in [2.24, 2.45) is 7.05 Å². The average molecular weight is 289 g/mol. The summed E-state index contributed by atoms with van der Waals surface area (Å²) in [4.78, 5) is 0. The van der Waals surface area contributed by atoms with Gasteiger partial charge in [-0.2, -0.15) is 5.10 Å². The van der Waals surface area contributed by atoms with Crippen molar-refractivity contribution in [3.63, 3.8) is 0 Å². The van der Waals surface area contributed by atoms with Gasteiger partial charge >= 0.3 is 0 Å². The van der Waals surface area contributed by atoms with Crippen molar-refractivity contribution in [2.75, 3.05) is 13.2 Å². The van der Waals surface area contributed by atoms with Gasteiger partial charge in [-0.15, -0.1) is 0 Å². The monoisotopic (exact) mass is 289 g/mol. The van der Waals surface area contributed by atoms with Gasteiger partial charge in [0, 0.05) is 31.9 Å². The maximum Gasteiger partial charge on any atom is 0.119 e. The van der Waals surface area contributed by atoms with Gasteiger partial charge in [0.05, 0.1) is 6.20 Å². The minimum absolute atomic E-state index is 0.285. The van der Waals surface area contributed by atoms with Crippen molar-refractivity contribution < 1.29 is 9.84 Å². The number of aryl methyl sites for hydroxylation is 2. The van der Waals surface area contributed by atoms with Crippen LogP contribution in [0.15, 0.2) is 36.7 Å². The molecule has 5 nitrogen and oxygen atoms in total. The predicted octanol–water partition coefficient (Wildman–Crippen LogP) is 1.51. The number of benzene rings is 1. The van der Waals surface area contributed by atoms with Crippen molar-refractivity contribution in [1.29, 1.82) is 0 Å². The van der Waals surface area contributed by atoms with Gasteiger partial charge in [0.25, 0.3) is 0 Å². The summed E-state index contributed by atoms with van der Waals surface area (Å²) in [7, 11) is 1.89. The van der Waals surface area contributed by atoms with E-state index in [1.807, 2.05) is 37.6 Å². The molecular formula is C16H23N3O2. The Labute approximate surface area is 125 Å². The fraction of sp³-hybridized carbons (Fsp3) is 0.438. The van der Waals surface area contributed by atoms with Crippen LogP contribution < -0.4 is 10.1 Å². The summed E-state index contributed by atoms with van der Waals surface area (Å²) in [6.07, 6.45) is 4.21. The van der Waals surface area contributed by atoms with Gasteiger partial charge < -0.3 is 15.2 Å². The highest BCUT2D eigenvalue weighted by molar-refractivity contribution is 5.28. The highest BCUT2D eigenvalue weighted by Gasteiger charge is 2.06. The molecule has 2 rings (SSSR count). The Hall–Kier alpha value is -1.85. The van der Waals surface area contributed by atoms with Crippen LogP contribution in [-0.2, 0) is 20.0 Å². The third-order valence-corrected chi connectivity index (χ3v) is 3.22. The van der Waals surface area contributed by atoms with E-state index in [0.717, 1.165) is 17.7 Å². The van der Waals surface area contributed by atoms with Crippen molar-refractivity contribution >= 4 is 0 Å². The molecule has 1 aromatic heterocycles. The number of rotatable bonds is 8. The first-order valence-electron chi connectivity index (χ1n) is 7.25. The number of nitrogens with one attached hydrogen (secondary N) is 1. The second kappa shape index (κ2) is 7.81. The molecule has 21 heavy (non-hydrogen) atoms. The van der Waals surface area contributed by atoms with Crippen LogP contribution in [0.4, 0.5) is 0 Å². The molecule has 1 aromatic carbocycles. The van der Waals surface area contributed by atoms with E-state index >= 15 is 0 Å². The van der Waals surface area contributed by atoms with Crippen molar-refractivity contribution in [3.8, 4) is 5.75 Å². The first-order chi connectivity index (χ1) is 10.2. The van der Waals surface area contributed by atoms with E-state index in [1.54, 1.807) is 4.68 Å². The number of aliphatic hydroxyl groups excluding tert-OH is 1. The zero-order valence-electron chi connectivity index (χ0n) is 12.6. The summed E-state index contributed by atoms with van der Waals surface area (Å²) in [5, 5.41) is 17.2. The Morgan fingerprint density at radius 1 is 1.38 bits per heavy atom. The van der Waals surface area contributed by atoms with Gasteiger partial charge in [-0.3, -0.25) is 4.68 Å². The summed E-state index contributed by atoms with van der Waals surface area (Å²) >= 11 is 0. The summed E-state index contributed by atoms with van der Waals surface area (Å²) in [6, 6.07) is 7.96. The van der Waals surface area contributed by atoms with Crippen molar-refractivity contribution in [1.82, 2.24) is 15.1 Å². The summed E-state index contributed by atoms with van der Waals surface area (Å²) < 4.78 is 7.37. The van der Waals surface area contributed by atoms with E-state index in [4.69, 9.17) is 4.74 Å². The second-order valence-corrected chi connectivity index (χ2v) is 5.12. The maximum absolute atomic E-state index is 9.91. The molecule has 1 heterocycles. The van der Waals surface area contributed by atoms with Crippen molar-refractivity contribution in [3.05, 3.63) is 47.8 Å². The molecule has 0 radical (unpaired) electrons. The van der Waals surface area contributed by atoms with Crippen LogP contribution >= 0.6 is 0 Å². The first kappa shape index (κ1) is 15.5. The minimum Gasteiger partial charge on any atom is -0.491 e. The molecule has 0 aliphatic heterocycles. The molecule has 0 saturated carbocycles. The molecular weight excluding hydrogens is 266 g/mol. The zero-order valence-corrected chi connectivity index (χ0v) is 12.6. The smallest absolute Gasteiger partial charge is 0.119 e. The number of aliphatic hydroxyl groups is 1. The van der Waals surface area contributed by atoms with E-state index < -0.39 is 6.10 Å². The molecule has 1 atom stereocenters. The molecule has 0 saturated heterocycles. The minimum atomic E-state index is -0.535. The van der Waals surface area contributed by atoms with Crippen LogP contribution in [0, 0.1) is 0 Å². The Kier molecular flexibility index (Phi) is 5.78. The number of aromatic nitrogens is 2. The molecule has 0 aliphatic rings. The van der Waals surface area contributed by atoms with Crippen LogP contribution in [-0.4, -0.2) is 34.1 Å². The lowest BCUT2D eigenvalue weighted by Gasteiger charge is -2.13. The van der Waals surface area contributed by atoms with E-state index in [0.29, 0.717) is 13.1 Å². The van der Waals surface area contributed by atoms with Gasteiger partial charge in [0.1, 0.15) is 18.5 Å². The highest BCUT2D eigenvalue weighted by Crippen LogP contribution is 2.13. The maximum atomic E-state index is 9.91. The Balaban J connectivity index is 1.68. The molecule has 5 heteroatoms. The Bertz CT molecular complexity index is 554. The molecule has 0 amide bonds. The number of hydrogen-bond acceptors (Lipinski definition) is 4. The molecule has 0 aliphatic carbocycles. The van der Waals surface area contributed by atoms with E-state index in [-0.39, 0.29) is 6.61 Å². The zero-order chi connectivity index (χ0) is 15.1. The largest absolute Gasteiger partial charge is 0.491 e. The van der Waals surface area contributed by atoms with Crippen LogP contribution in [0.5, 0.6) is 5.75 Å². The van der Waals surface area contributed by atoms with Gasteiger partial charge in [0.15, 0.2) is 0 Å². The van der Waals surface area contributed by atoms with E-state index in [1.165, 1.54) is 5.56 Å². The topological polar surface area (TPSA) is 59.3 Å². The lowest BCUT2D eigenvalue weighted by molar-refractivity contribution is 0.106. The Morgan fingerprint density at radius 3 is 2.95 bits per heavy atom. The lowest BCUT2D eigenvalue weighted by Crippen LogP contribution is -2.31. The van der Waals surface area contributed by atoms with Crippen molar-refractivity contribution in [2.45, 2.75) is 26.0 Å². The molecule has 2 aromatic rings. The first-order valence-corrected chi connectivity index (χ1v) is 7.25. The molecule has 1 unspecified atom stereocenters. The van der Waals surface area contributed by atoms with E-state index in [2.05, 4.69) is 23.4 Å². The van der Waals surface area contributed by atoms with Crippen LogP contribution in [0.1, 0.15) is 18.1 Å². The number of hydrogen-bond donors (Lipinski definition) is 2. The summed E-state index contributed by atoms with van der Waals surface area (Å²) in [6.45, 7) is 3.57. The fourth-order valence-electron chi connectivity index (χ4n) is 2.05. The standard InChI is InChI=1S/C16H23N3O2/c1-3-13-5-4-6-16(7-13)21-12-15(20)10-17-8-14-9-18-19(2)11-14/h4-7,9,11,15,17,20H,3,8,10,12H2,1-2H3. The van der Waals surface area contributed by atoms with Gasteiger partial charge in [0.2, 0.25) is 0 Å². The SMILES string of the molecule is CCc1cccc(OCC(O)CNCc2cnn(C)c2)c1. The molecule has 0 bridgehead atoms. The normalized spacial score (nSPS) is 12.3. The lowest BCUT2D eigenvalue weighted by atomic mass is 10.2.